The number of piperidine rings is 1. The molecule has 0 atom stereocenters. The first-order valence-corrected chi connectivity index (χ1v) is 7.45. The van der Waals surface area contributed by atoms with Gasteiger partial charge in [0.1, 0.15) is 5.60 Å². The van der Waals surface area contributed by atoms with Gasteiger partial charge in [0, 0.05) is 19.5 Å². The Morgan fingerprint density at radius 2 is 1.80 bits per heavy atom. The first-order valence-electron chi connectivity index (χ1n) is 7.45. The van der Waals surface area contributed by atoms with Crippen molar-refractivity contribution in [3.05, 3.63) is 0 Å². The lowest BCUT2D eigenvalue weighted by atomic mass is 9.98. The Labute approximate surface area is 121 Å². The second kappa shape index (κ2) is 7.50. The molecule has 1 saturated heterocycles. The Hall–Kier alpha value is -1.26. The number of carbonyl (C=O) groups is 2. The van der Waals surface area contributed by atoms with Gasteiger partial charge in [-0.2, -0.15) is 0 Å². The van der Waals surface area contributed by atoms with Gasteiger partial charge in [-0.1, -0.05) is 6.92 Å². The SMILES string of the molecule is CCCC(=O)OCC1CCN(C(=O)OC(C)(C)C)CC1. The number of hydrogen-bond acceptors (Lipinski definition) is 4. The van der Waals surface area contributed by atoms with Crippen LogP contribution in [-0.4, -0.2) is 42.3 Å². The Kier molecular flexibility index (Phi) is 6.30. The second-order valence-corrected chi connectivity index (χ2v) is 6.34. The van der Waals surface area contributed by atoms with Crippen LogP contribution in [0.25, 0.3) is 0 Å². The zero-order valence-corrected chi connectivity index (χ0v) is 13.1. The van der Waals surface area contributed by atoms with Crippen molar-refractivity contribution in [2.75, 3.05) is 19.7 Å². The molecule has 116 valence electrons. The van der Waals surface area contributed by atoms with Gasteiger partial charge in [-0.15, -0.1) is 0 Å². The first-order chi connectivity index (χ1) is 9.31. The number of carbonyl (C=O) groups excluding carboxylic acids is 2. The largest absolute Gasteiger partial charge is 0.465 e. The lowest BCUT2D eigenvalue weighted by Crippen LogP contribution is -2.42. The fourth-order valence-corrected chi connectivity index (χ4v) is 2.10. The summed E-state index contributed by atoms with van der Waals surface area (Å²) >= 11 is 0. The van der Waals surface area contributed by atoms with E-state index in [-0.39, 0.29) is 12.1 Å². The number of nitrogens with zero attached hydrogens (tertiary/aromatic N) is 1. The van der Waals surface area contributed by atoms with Crippen molar-refractivity contribution < 1.29 is 19.1 Å². The molecule has 1 aliphatic rings. The summed E-state index contributed by atoms with van der Waals surface area (Å²) in [5, 5.41) is 0. The smallest absolute Gasteiger partial charge is 0.410 e. The van der Waals surface area contributed by atoms with Crippen LogP contribution in [0.5, 0.6) is 0 Å². The third-order valence-electron chi connectivity index (χ3n) is 3.20. The highest BCUT2D eigenvalue weighted by Crippen LogP contribution is 2.20. The van der Waals surface area contributed by atoms with Gasteiger partial charge in [0.2, 0.25) is 0 Å². The van der Waals surface area contributed by atoms with Gasteiger partial charge in [0.15, 0.2) is 0 Å². The van der Waals surface area contributed by atoms with E-state index in [0.29, 0.717) is 32.0 Å². The van der Waals surface area contributed by atoms with E-state index in [1.54, 1.807) is 4.90 Å². The molecule has 5 heteroatoms. The van der Waals surface area contributed by atoms with E-state index >= 15 is 0 Å². The summed E-state index contributed by atoms with van der Waals surface area (Å²) in [5.74, 6) is 0.233. The molecule has 0 radical (unpaired) electrons. The molecular weight excluding hydrogens is 258 g/mol. The maximum Gasteiger partial charge on any atom is 0.410 e. The van der Waals surface area contributed by atoms with Crippen molar-refractivity contribution in [1.82, 2.24) is 4.90 Å². The quantitative estimate of drug-likeness (QED) is 0.745. The minimum absolute atomic E-state index is 0.123. The standard InChI is InChI=1S/C15H27NO4/c1-5-6-13(17)19-11-12-7-9-16(10-8-12)14(18)20-15(2,3)4/h12H,5-11H2,1-4H3. The summed E-state index contributed by atoms with van der Waals surface area (Å²) in [4.78, 5) is 24.9. The van der Waals surface area contributed by atoms with Gasteiger partial charge in [0.05, 0.1) is 6.61 Å². The van der Waals surface area contributed by atoms with Gasteiger partial charge >= 0.3 is 12.1 Å². The molecule has 5 nitrogen and oxygen atoms in total. The van der Waals surface area contributed by atoms with E-state index in [9.17, 15) is 9.59 Å². The average Bonchev–Trinajstić information content (AvgIpc) is 2.35. The highest BCUT2D eigenvalue weighted by Gasteiger charge is 2.27. The van der Waals surface area contributed by atoms with Crippen LogP contribution in [0.4, 0.5) is 4.79 Å². The highest BCUT2D eigenvalue weighted by atomic mass is 16.6. The molecule has 0 aromatic carbocycles. The molecule has 1 heterocycles. The monoisotopic (exact) mass is 285 g/mol. The summed E-state index contributed by atoms with van der Waals surface area (Å²) < 4.78 is 10.6. The zero-order valence-electron chi connectivity index (χ0n) is 13.1. The summed E-state index contributed by atoms with van der Waals surface area (Å²) in [5.41, 5.74) is -0.455. The van der Waals surface area contributed by atoms with Crippen LogP contribution in [-0.2, 0) is 14.3 Å². The maximum absolute atomic E-state index is 11.9. The number of hydrogen-bond donors (Lipinski definition) is 0. The van der Waals surface area contributed by atoms with Crippen LogP contribution in [0.3, 0.4) is 0 Å². The molecule has 20 heavy (non-hydrogen) atoms. The molecule has 0 aromatic rings. The van der Waals surface area contributed by atoms with Gasteiger partial charge in [-0.25, -0.2) is 4.79 Å². The van der Waals surface area contributed by atoms with Crippen molar-refractivity contribution in [3.8, 4) is 0 Å². The molecule has 0 unspecified atom stereocenters. The summed E-state index contributed by atoms with van der Waals surface area (Å²) in [6.45, 7) is 9.37. The third kappa shape index (κ3) is 6.26. The molecule has 1 aliphatic heterocycles. The Morgan fingerprint density at radius 1 is 1.20 bits per heavy atom. The summed E-state index contributed by atoms with van der Waals surface area (Å²) in [7, 11) is 0. The predicted octanol–water partition coefficient (Wildman–Crippen LogP) is 2.98. The van der Waals surface area contributed by atoms with Crippen LogP contribution in [0.15, 0.2) is 0 Å². The predicted molar refractivity (Wildman–Crippen MR) is 76.4 cm³/mol. The minimum Gasteiger partial charge on any atom is -0.465 e. The lowest BCUT2D eigenvalue weighted by molar-refractivity contribution is -0.145. The van der Waals surface area contributed by atoms with Crippen molar-refractivity contribution >= 4 is 12.1 Å². The van der Waals surface area contributed by atoms with Crippen molar-refractivity contribution in [1.29, 1.82) is 0 Å². The first kappa shape index (κ1) is 16.8. The lowest BCUT2D eigenvalue weighted by Gasteiger charge is -2.33. The van der Waals surface area contributed by atoms with Crippen LogP contribution >= 0.6 is 0 Å². The van der Waals surface area contributed by atoms with Crippen LogP contribution < -0.4 is 0 Å². The van der Waals surface area contributed by atoms with Crippen molar-refractivity contribution in [2.45, 2.75) is 59.0 Å². The van der Waals surface area contributed by atoms with Crippen LogP contribution in [0.2, 0.25) is 0 Å². The molecule has 1 rings (SSSR count). The molecule has 0 bridgehead atoms. The molecule has 0 N–H and O–H groups in total. The fourth-order valence-electron chi connectivity index (χ4n) is 2.10. The van der Waals surface area contributed by atoms with Gasteiger partial charge in [-0.3, -0.25) is 4.79 Å². The number of likely N-dealkylation sites (tertiary alicyclic amines) is 1. The fraction of sp³-hybridized carbons (Fsp3) is 0.867. The number of amides is 1. The topological polar surface area (TPSA) is 55.8 Å². The van der Waals surface area contributed by atoms with E-state index in [1.807, 2.05) is 27.7 Å². The molecular formula is C15H27NO4. The normalized spacial score (nSPS) is 16.9. The van der Waals surface area contributed by atoms with Gasteiger partial charge in [-0.05, 0) is 46.0 Å². The molecule has 1 amide bonds. The molecule has 0 aromatic heterocycles. The van der Waals surface area contributed by atoms with E-state index in [2.05, 4.69) is 0 Å². The molecule has 1 fully saturated rings. The zero-order chi connectivity index (χ0) is 15.2. The molecule has 0 aliphatic carbocycles. The van der Waals surface area contributed by atoms with E-state index in [4.69, 9.17) is 9.47 Å². The van der Waals surface area contributed by atoms with Crippen molar-refractivity contribution in [3.63, 3.8) is 0 Å². The second-order valence-electron chi connectivity index (χ2n) is 6.34. The molecule has 0 spiro atoms. The number of ether oxygens (including phenoxy) is 2. The summed E-state index contributed by atoms with van der Waals surface area (Å²) in [6.07, 6.45) is 2.77. The Bertz CT molecular complexity index is 327. The van der Waals surface area contributed by atoms with Crippen molar-refractivity contribution in [2.24, 2.45) is 5.92 Å². The van der Waals surface area contributed by atoms with E-state index < -0.39 is 5.60 Å². The minimum atomic E-state index is -0.455. The molecule has 0 saturated carbocycles. The maximum atomic E-state index is 11.9. The third-order valence-corrected chi connectivity index (χ3v) is 3.20. The number of esters is 1. The average molecular weight is 285 g/mol. The van der Waals surface area contributed by atoms with E-state index in [0.717, 1.165) is 19.3 Å². The number of rotatable bonds is 4. The Balaban J connectivity index is 2.26. The highest BCUT2D eigenvalue weighted by molar-refractivity contribution is 5.69. The van der Waals surface area contributed by atoms with E-state index in [1.165, 1.54) is 0 Å². The van der Waals surface area contributed by atoms with Crippen LogP contribution in [0, 0.1) is 5.92 Å². The van der Waals surface area contributed by atoms with Crippen LogP contribution in [0.1, 0.15) is 53.4 Å². The van der Waals surface area contributed by atoms with Gasteiger partial charge < -0.3 is 14.4 Å². The van der Waals surface area contributed by atoms with Gasteiger partial charge in [0.25, 0.3) is 0 Å². The Morgan fingerprint density at radius 3 is 2.30 bits per heavy atom. The summed E-state index contributed by atoms with van der Waals surface area (Å²) in [6, 6.07) is 0.